The molecule has 0 saturated carbocycles. The fraction of sp³-hybridized carbons (Fsp3) is 0.438. The van der Waals surface area contributed by atoms with Crippen molar-refractivity contribution in [1.29, 1.82) is 0 Å². The number of nitrogens with zero attached hydrogens (tertiary/aromatic N) is 3. The van der Waals surface area contributed by atoms with Gasteiger partial charge in [0.1, 0.15) is 17.8 Å². The van der Waals surface area contributed by atoms with E-state index in [0.29, 0.717) is 35.5 Å². The molecule has 1 unspecified atom stereocenters. The summed E-state index contributed by atoms with van der Waals surface area (Å²) in [5.74, 6) is 1.03. The van der Waals surface area contributed by atoms with Gasteiger partial charge in [-0.25, -0.2) is 0 Å². The Bertz CT molecular complexity index is 707. The lowest BCUT2D eigenvalue weighted by Gasteiger charge is -2.15. The Hall–Kier alpha value is -2.26. The summed E-state index contributed by atoms with van der Waals surface area (Å²) in [5, 5.41) is 11.1. The molecule has 2 rings (SSSR count). The van der Waals surface area contributed by atoms with E-state index in [4.69, 9.17) is 14.2 Å². The maximum Gasteiger partial charge on any atom is 0.237 e. The molecule has 1 aromatic heterocycles. The molecule has 0 aliphatic rings. The summed E-state index contributed by atoms with van der Waals surface area (Å²) < 4.78 is 17.4. The van der Waals surface area contributed by atoms with Gasteiger partial charge < -0.3 is 24.1 Å². The van der Waals surface area contributed by atoms with Crippen LogP contribution in [0.15, 0.2) is 29.7 Å². The smallest absolute Gasteiger partial charge is 0.237 e. The Morgan fingerprint density at radius 2 is 2.12 bits per heavy atom. The van der Waals surface area contributed by atoms with E-state index in [0.717, 1.165) is 0 Å². The van der Waals surface area contributed by atoms with E-state index in [1.165, 1.54) is 11.8 Å². The van der Waals surface area contributed by atoms with Crippen LogP contribution in [-0.2, 0) is 16.1 Å². The summed E-state index contributed by atoms with van der Waals surface area (Å²) >= 11 is 1.33. The quantitative estimate of drug-likeness (QED) is 0.680. The minimum atomic E-state index is -0.374. The normalized spacial score (nSPS) is 11.8. The highest BCUT2D eigenvalue weighted by Crippen LogP contribution is 2.30. The molecule has 0 radical (unpaired) electrons. The van der Waals surface area contributed by atoms with Gasteiger partial charge in [0.15, 0.2) is 5.16 Å². The lowest BCUT2D eigenvalue weighted by Crippen LogP contribution is -2.23. The summed E-state index contributed by atoms with van der Waals surface area (Å²) in [6.07, 6.45) is 1.62. The zero-order valence-electron chi connectivity index (χ0n) is 14.7. The minimum Gasteiger partial charge on any atom is -0.497 e. The van der Waals surface area contributed by atoms with E-state index < -0.39 is 0 Å². The topological polar surface area (TPSA) is 87.5 Å². The first-order valence-electron chi connectivity index (χ1n) is 7.65. The van der Waals surface area contributed by atoms with Crippen molar-refractivity contribution >= 4 is 23.4 Å². The number of amides is 1. The summed E-state index contributed by atoms with van der Waals surface area (Å²) in [7, 11) is 4.75. The molecule has 136 valence electrons. The van der Waals surface area contributed by atoms with Gasteiger partial charge in [0.2, 0.25) is 5.91 Å². The maximum atomic E-state index is 12.5. The molecular formula is C16H22N4O4S. The Morgan fingerprint density at radius 3 is 2.80 bits per heavy atom. The van der Waals surface area contributed by atoms with Crippen molar-refractivity contribution in [3.05, 3.63) is 24.5 Å². The number of aromatic nitrogens is 3. The summed E-state index contributed by atoms with van der Waals surface area (Å²) in [6, 6.07) is 5.23. The van der Waals surface area contributed by atoms with Crippen molar-refractivity contribution in [1.82, 2.24) is 14.8 Å². The molecule has 25 heavy (non-hydrogen) atoms. The molecule has 8 nitrogen and oxygen atoms in total. The van der Waals surface area contributed by atoms with Crippen molar-refractivity contribution in [3.63, 3.8) is 0 Å². The third-order valence-electron chi connectivity index (χ3n) is 3.43. The van der Waals surface area contributed by atoms with E-state index >= 15 is 0 Å². The monoisotopic (exact) mass is 366 g/mol. The van der Waals surface area contributed by atoms with Crippen LogP contribution in [0.1, 0.15) is 6.92 Å². The number of thioether (sulfide) groups is 1. The van der Waals surface area contributed by atoms with Crippen LogP contribution in [0, 0.1) is 0 Å². The van der Waals surface area contributed by atoms with Crippen molar-refractivity contribution in [3.8, 4) is 11.5 Å². The van der Waals surface area contributed by atoms with E-state index in [1.54, 1.807) is 45.9 Å². The average Bonchev–Trinajstić information content (AvgIpc) is 3.06. The molecule has 1 N–H and O–H groups in total. The molecule has 1 atom stereocenters. The van der Waals surface area contributed by atoms with Crippen LogP contribution < -0.4 is 14.8 Å². The number of hydrogen-bond donors (Lipinski definition) is 1. The number of rotatable bonds is 9. The number of nitrogens with one attached hydrogen (secondary N) is 1. The Balaban J connectivity index is 2.05. The summed E-state index contributed by atoms with van der Waals surface area (Å²) in [5.41, 5.74) is 0.556. The van der Waals surface area contributed by atoms with Crippen LogP contribution in [0.3, 0.4) is 0 Å². The zero-order valence-corrected chi connectivity index (χ0v) is 15.5. The van der Waals surface area contributed by atoms with E-state index in [-0.39, 0.29) is 11.2 Å². The summed E-state index contributed by atoms with van der Waals surface area (Å²) in [4.78, 5) is 12.5. The lowest BCUT2D eigenvalue weighted by atomic mass is 10.2. The van der Waals surface area contributed by atoms with E-state index in [2.05, 4.69) is 15.5 Å². The number of methoxy groups -OCH3 is 3. The van der Waals surface area contributed by atoms with Gasteiger partial charge in [-0.3, -0.25) is 4.79 Å². The predicted molar refractivity (Wildman–Crippen MR) is 95.4 cm³/mol. The minimum absolute atomic E-state index is 0.169. The molecule has 0 bridgehead atoms. The molecular weight excluding hydrogens is 344 g/mol. The van der Waals surface area contributed by atoms with Gasteiger partial charge in [0, 0.05) is 19.7 Å². The lowest BCUT2D eigenvalue weighted by molar-refractivity contribution is -0.115. The SMILES string of the molecule is COCCn1cnnc1SC(C)C(=O)Nc1cc(OC)ccc1OC. The van der Waals surface area contributed by atoms with Gasteiger partial charge in [-0.1, -0.05) is 11.8 Å². The molecule has 0 fully saturated rings. The molecule has 1 amide bonds. The first-order valence-corrected chi connectivity index (χ1v) is 8.53. The highest BCUT2D eigenvalue weighted by molar-refractivity contribution is 8.00. The van der Waals surface area contributed by atoms with Crippen LogP contribution in [-0.4, -0.2) is 53.9 Å². The fourth-order valence-electron chi connectivity index (χ4n) is 2.04. The van der Waals surface area contributed by atoms with E-state index in [9.17, 15) is 4.79 Å². The molecule has 9 heteroatoms. The van der Waals surface area contributed by atoms with Crippen LogP contribution in [0.5, 0.6) is 11.5 Å². The van der Waals surface area contributed by atoms with Gasteiger partial charge in [0.05, 0.1) is 31.8 Å². The predicted octanol–water partition coefficient (Wildman–Crippen LogP) is 2.06. The molecule has 1 heterocycles. The average molecular weight is 366 g/mol. The highest BCUT2D eigenvalue weighted by Gasteiger charge is 2.19. The zero-order chi connectivity index (χ0) is 18.2. The Labute approximate surface area is 150 Å². The van der Waals surface area contributed by atoms with Gasteiger partial charge in [0.25, 0.3) is 0 Å². The third-order valence-corrected chi connectivity index (χ3v) is 4.53. The second-order valence-electron chi connectivity index (χ2n) is 5.12. The molecule has 0 aliphatic heterocycles. The molecule has 0 spiro atoms. The first kappa shape index (κ1) is 19.1. The Kier molecular flexibility index (Phi) is 7.08. The van der Waals surface area contributed by atoms with Crippen molar-refractivity contribution < 1.29 is 19.0 Å². The number of benzene rings is 1. The second-order valence-corrected chi connectivity index (χ2v) is 6.42. The Morgan fingerprint density at radius 1 is 1.32 bits per heavy atom. The van der Waals surface area contributed by atoms with Crippen LogP contribution in [0.25, 0.3) is 0 Å². The third kappa shape index (κ3) is 5.10. The summed E-state index contributed by atoms with van der Waals surface area (Å²) in [6.45, 7) is 2.99. The van der Waals surface area contributed by atoms with Gasteiger partial charge >= 0.3 is 0 Å². The van der Waals surface area contributed by atoms with Gasteiger partial charge in [-0.2, -0.15) is 0 Å². The number of hydrogen-bond acceptors (Lipinski definition) is 7. The first-order chi connectivity index (χ1) is 12.1. The maximum absolute atomic E-state index is 12.5. The molecule has 0 aliphatic carbocycles. The van der Waals surface area contributed by atoms with Crippen LogP contribution >= 0.6 is 11.8 Å². The molecule has 1 aromatic carbocycles. The number of carbonyl (C=O) groups is 1. The van der Waals surface area contributed by atoms with Crippen LogP contribution in [0.4, 0.5) is 5.69 Å². The second kappa shape index (κ2) is 9.28. The molecule has 0 saturated heterocycles. The largest absolute Gasteiger partial charge is 0.497 e. The number of carbonyl (C=O) groups excluding carboxylic acids is 1. The number of anilines is 1. The van der Waals surface area contributed by atoms with Crippen LogP contribution in [0.2, 0.25) is 0 Å². The fourth-order valence-corrected chi connectivity index (χ4v) is 2.89. The van der Waals surface area contributed by atoms with E-state index in [1.807, 2.05) is 11.5 Å². The van der Waals surface area contributed by atoms with Crippen molar-refractivity contribution in [2.45, 2.75) is 23.9 Å². The van der Waals surface area contributed by atoms with Crippen molar-refractivity contribution in [2.75, 3.05) is 33.3 Å². The van der Waals surface area contributed by atoms with Crippen molar-refractivity contribution in [2.24, 2.45) is 0 Å². The van der Waals surface area contributed by atoms with Gasteiger partial charge in [-0.05, 0) is 19.1 Å². The highest BCUT2D eigenvalue weighted by atomic mass is 32.2. The standard InChI is InChI=1S/C16H22N4O4S/c1-11(25-16-19-17-10-20(16)7-8-22-2)15(21)18-13-9-12(23-3)5-6-14(13)24-4/h5-6,9-11H,7-8H2,1-4H3,(H,18,21). The molecule has 2 aromatic rings. The van der Waals surface area contributed by atoms with Gasteiger partial charge in [-0.15, -0.1) is 10.2 Å². The number of ether oxygens (including phenoxy) is 3.